The van der Waals surface area contributed by atoms with Crippen LogP contribution in [0.5, 0.6) is 0 Å². The van der Waals surface area contributed by atoms with E-state index in [4.69, 9.17) is 10.8 Å². The first-order chi connectivity index (χ1) is 9.49. The lowest BCUT2D eigenvalue weighted by molar-refractivity contribution is 0.0696. The van der Waals surface area contributed by atoms with Gasteiger partial charge in [-0.3, -0.25) is 4.79 Å². The first kappa shape index (κ1) is 13.5. The highest BCUT2D eigenvalue weighted by molar-refractivity contribution is 6.07. The van der Waals surface area contributed by atoms with Crippen molar-refractivity contribution in [1.29, 1.82) is 0 Å². The van der Waals surface area contributed by atoms with Gasteiger partial charge in [-0.1, -0.05) is 12.1 Å². The molecule has 20 heavy (non-hydrogen) atoms. The molecule has 0 unspecified atom stereocenters. The van der Waals surface area contributed by atoms with E-state index < -0.39 is 17.7 Å². The number of carboxylic acids is 1. The number of amides is 1. The van der Waals surface area contributed by atoms with Crippen molar-refractivity contribution in [3.63, 3.8) is 0 Å². The molecule has 102 valence electrons. The van der Waals surface area contributed by atoms with Crippen molar-refractivity contribution >= 4 is 23.3 Å². The Kier molecular flexibility index (Phi) is 3.65. The molecule has 0 radical (unpaired) electrons. The van der Waals surface area contributed by atoms with Crippen LogP contribution in [-0.4, -0.2) is 17.0 Å². The van der Waals surface area contributed by atoms with E-state index in [9.17, 15) is 14.0 Å². The molecule has 0 saturated carbocycles. The summed E-state index contributed by atoms with van der Waals surface area (Å²) in [5, 5.41) is 11.1. The topological polar surface area (TPSA) is 92.4 Å². The van der Waals surface area contributed by atoms with Gasteiger partial charge in [-0.15, -0.1) is 0 Å². The molecule has 4 N–H and O–H groups in total. The van der Waals surface area contributed by atoms with E-state index in [0.717, 1.165) is 6.07 Å². The predicted molar refractivity (Wildman–Crippen MR) is 72.2 cm³/mol. The summed E-state index contributed by atoms with van der Waals surface area (Å²) in [7, 11) is 0. The van der Waals surface area contributed by atoms with Crippen molar-refractivity contribution < 1.29 is 19.1 Å². The Hall–Kier alpha value is -2.89. The maximum Gasteiger partial charge on any atom is 0.335 e. The minimum atomic E-state index is -1.24. The van der Waals surface area contributed by atoms with Gasteiger partial charge in [-0.2, -0.15) is 0 Å². The molecule has 2 rings (SSSR count). The number of benzene rings is 2. The number of hydrogen-bond donors (Lipinski definition) is 3. The molecule has 0 saturated heterocycles. The van der Waals surface area contributed by atoms with Crippen LogP contribution in [0, 0.1) is 5.82 Å². The van der Waals surface area contributed by atoms with Gasteiger partial charge < -0.3 is 16.2 Å². The number of anilines is 2. The van der Waals surface area contributed by atoms with Crippen molar-refractivity contribution in [2.75, 3.05) is 11.1 Å². The number of aromatic carboxylic acids is 1. The van der Waals surface area contributed by atoms with Crippen molar-refractivity contribution in [2.45, 2.75) is 0 Å². The predicted octanol–water partition coefficient (Wildman–Crippen LogP) is 2.36. The van der Waals surface area contributed by atoms with Gasteiger partial charge in [0.25, 0.3) is 5.91 Å². The summed E-state index contributed by atoms with van der Waals surface area (Å²) < 4.78 is 13.7. The molecule has 0 aromatic heterocycles. The molecule has 0 fully saturated rings. The molecule has 1 amide bonds. The lowest BCUT2D eigenvalue weighted by Crippen LogP contribution is -2.15. The summed E-state index contributed by atoms with van der Waals surface area (Å²) in [6.45, 7) is 0. The maximum atomic E-state index is 13.7. The molecule has 2 aromatic carbocycles. The lowest BCUT2D eigenvalue weighted by Gasteiger charge is -2.08. The second kappa shape index (κ2) is 5.40. The first-order valence-corrected chi connectivity index (χ1v) is 5.67. The molecule has 0 atom stereocenters. The normalized spacial score (nSPS) is 10.1. The molecule has 0 aliphatic rings. The van der Waals surface area contributed by atoms with Gasteiger partial charge in [0.2, 0.25) is 0 Å². The fourth-order valence-electron chi connectivity index (χ4n) is 1.64. The third-order valence-corrected chi connectivity index (χ3v) is 2.67. The summed E-state index contributed by atoms with van der Waals surface area (Å²) in [6, 6.07) is 9.61. The van der Waals surface area contributed by atoms with Crippen molar-refractivity contribution in [1.82, 2.24) is 0 Å². The van der Waals surface area contributed by atoms with E-state index in [-0.39, 0.29) is 22.5 Å². The zero-order valence-corrected chi connectivity index (χ0v) is 10.3. The van der Waals surface area contributed by atoms with E-state index in [2.05, 4.69) is 5.32 Å². The standard InChI is InChI=1S/C14H11FN2O3/c15-10-7-8(14(19)20)5-6-12(10)17-13(18)9-3-1-2-4-11(9)16/h1-7H,16H2,(H,17,18)(H,19,20). The highest BCUT2D eigenvalue weighted by Gasteiger charge is 2.13. The Morgan fingerprint density at radius 3 is 2.45 bits per heavy atom. The van der Waals surface area contributed by atoms with Crippen molar-refractivity contribution in [3.05, 3.63) is 59.4 Å². The summed E-state index contributed by atoms with van der Waals surface area (Å²) in [5.41, 5.74) is 5.83. The van der Waals surface area contributed by atoms with Crippen LogP contribution in [0.15, 0.2) is 42.5 Å². The van der Waals surface area contributed by atoms with Crippen LogP contribution in [0.4, 0.5) is 15.8 Å². The van der Waals surface area contributed by atoms with E-state index >= 15 is 0 Å². The molecule has 0 bridgehead atoms. The Balaban J connectivity index is 2.25. The number of nitrogens with one attached hydrogen (secondary N) is 1. The fraction of sp³-hybridized carbons (Fsp3) is 0. The largest absolute Gasteiger partial charge is 0.478 e. The average molecular weight is 274 g/mol. The SMILES string of the molecule is Nc1ccccc1C(=O)Nc1ccc(C(=O)O)cc1F. The number of halogens is 1. The number of carbonyl (C=O) groups excluding carboxylic acids is 1. The van der Waals surface area contributed by atoms with Crippen LogP contribution < -0.4 is 11.1 Å². The fourth-order valence-corrected chi connectivity index (χ4v) is 1.64. The summed E-state index contributed by atoms with van der Waals surface area (Å²) in [4.78, 5) is 22.6. The number of hydrogen-bond acceptors (Lipinski definition) is 3. The van der Waals surface area contributed by atoms with Crippen LogP contribution in [0.25, 0.3) is 0 Å². The number of carbonyl (C=O) groups is 2. The van der Waals surface area contributed by atoms with Gasteiger partial charge in [0.15, 0.2) is 0 Å². The third kappa shape index (κ3) is 2.74. The van der Waals surface area contributed by atoms with E-state index in [1.165, 1.54) is 18.2 Å². The molecule has 0 spiro atoms. The highest BCUT2D eigenvalue weighted by atomic mass is 19.1. The van der Waals surface area contributed by atoms with Gasteiger partial charge in [0.05, 0.1) is 16.8 Å². The summed E-state index contributed by atoms with van der Waals surface area (Å²) in [5.74, 6) is -2.63. The summed E-state index contributed by atoms with van der Waals surface area (Å²) in [6.07, 6.45) is 0. The second-order valence-corrected chi connectivity index (χ2v) is 4.04. The van der Waals surface area contributed by atoms with Gasteiger partial charge in [0.1, 0.15) is 5.82 Å². The monoisotopic (exact) mass is 274 g/mol. The van der Waals surface area contributed by atoms with Gasteiger partial charge in [-0.25, -0.2) is 9.18 Å². The van der Waals surface area contributed by atoms with Crippen LogP contribution in [-0.2, 0) is 0 Å². The summed E-state index contributed by atoms with van der Waals surface area (Å²) >= 11 is 0. The molecular weight excluding hydrogens is 263 g/mol. The Morgan fingerprint density at radius 2 is 1.85 bits per heavy atom. The van der Waals surface area contributed by atoms with E-state index in [1.807, 2.05) is 0 Å². The van der Waals surface area contributed by atoms with Crippen molar-refractivity contribution in [3.8, 4) is 0 Å². The minimum absolute atomic E-state index is 0.108. The molecule has 0 heterocycles. The van der Waals surface area contributed by atoms with E-state index in [1.54, 1.807) is 18.2 Å². The Bertz CT molecular complexity index is 686. The quantitative estimate of drug-likeness (QED) is 0.749. The van der Waals surface area contributed by atoms with Gasteiger partial charge in [-0.05, 0) is 30.3 Å². The second-order valence-electron chi connectivity index (χ2n) is 4.04. The minimum Gasteiger partial charge on any atom is -0.478 e. The third-order valence-electron chi connectivity index (χ3n) is 2.67. The van der Waals surface area contributed by atoms with E-state index in [0.29, 0.717) is 0 Å². The average Bonchev–Trinajstić information content (AvgIpc) is 2.41. The van der Waals surface area contributed by atoms with Crippen LogP contribution in [0.1, 0.15) is 20.7 Å². The van der Waals surface area contributed by atoms with Gasteiger partial charge in [0, 0.05) is 5.69 Å². The number of nitrogen functional groups attached to an aromatic ring is 1. The first-order valence-electron chi connectivity index (χ1n) is 5.67. The molecule has 0 aliphatic heterocycles. The van der Waals surface area contributed by atoms with Crippen LogP contribution >= 0.6 is 0 Å². The smallest absolute Gasteiger partial charge is 0.335 e. The zero-order chi connectivity index (χ0) is 14.7. The molecule has 6 heteroatoms. The Morgan fingerprint density at radius 1 is 1.15 bits per heavy atom. The lowest BCUT2D eigenvalue weighted by atomic mass is 10.1. The number of para-hydroxylation sites is 1. The molecular formula is C14H11FN2O3. The van der Waals surface area contributed by atoms with Gasteiger partial charge >= 0.3 is 5.97 Å². The Labute approximate surface area is 113 Å². The maximum absolute atomic E-state index is 13.7. The zero-order valence-electron chi connectivity index (χ0n) is 10.3. The molecule has 5 nitrogen and oxygen atoms in total. The van der Waals surface area contributed by atoms with Crippen molar-refractivity contribution in [2.24, 2.45) is 0 Å². The number of rotatable bonds is 3. The number of carboxylic acid groups (broad SMARTS) is 1. The number of nitrogens with two attached hydrogens (primary N) is 1. The van der Waals surface area contributed by atoms with Crippen LogP contribution in [0.3, 0.4) is 0 Å². The highest BCUT2D eigenvalue weighted by Crippen LogP contribution is 2.18. The molecule has 0 aliphatic carbocycles. The molecule has 2 aromatic rings. The van der Waals surface area contributed by atoms with Crippen LogP contribution in [0.2, 0.25) is 0 Å².